The van der Waals surface area contributed by atoms with Gasteiger partial charge in [0.1, 0.15) is 17.9 Å². The van der Waals surface area contributed by atoms with Gasteiger partial charge in [0.25, 0.3) is 5.91 Å². The summed E-state index contributed by atoms with van der Waals surface area (Å²) in [5.74, 6) is -3.57. The number of halogens is 1. The van der Waals surface area contributed by atoms with Crippen LogP contribution in [0.15, 0.2) is 24.3 Å². The van der Waals surface area contributed by atoms with E-state index in [2.05, 4.69) is 10.6 Å². The summed E-state index contributed by atoms with van der Waals surface area (Å²) >= 11 is 0. The molecule has 4 amide bonds. The molecular weight excluding hydrogens is 349 g/mol. The van der Waals surface area contributed by atoms with Gasteiger partial charge < -0.3 is 20.8 Å². The maximum Gasteiger partial charge on any atom is 0.337 e. The van der Waals surface area contributed by atoms with Crippen LogP contribution in [0.5, 0.6) is 0 Å². The van der Waals surface area contributed by atoms with Gasteiger partial charge in [0.2, 0.25) is 5.91 Å². The van der Waals surface area contributed by atoms with Gasteiger partial charge in [-0.1, -0.05) is 12.1 Å². The van der Waals surface area contributed by atoms with Gasteiger partial charge in [-0.2, -0.15) is 0 Å². The lowest BCUT2D eigenvalue weighted by Gasteiger charge is -2.22. The van der Waals surface area contributed by atoms with Crippen LogP contribution in [0.4, 0.5) is 9.18 Å². The van der Waals surface area contributed by atoms with Gasteiger partial charge in [-0.3, -0.25) is 14.5 Å². The molecule has 0 spiro atoms. The average Bonchev–Trinajstić information content (AvgIpc) is 2.77. The molecule has 0 aromatic heterocycles. The average molecular weight is 367 g/mol. The van der Waals surface area contributed by atoms with E-state index in [1.807, 2.05) is 0 Å². The van der Waals surface area contributed by atoms with Gasteiger partial charge in [-0.05, 0) is 31.5 Å². The van der Waals surface area contributed by atoms with Crippen LogP contribution in [0.1, 0.15) is 19.4 Å². The predicted octanol–water partition coefficient (Wildman–Crippen LogP) is -0.455. The van der Waals surface area contributed by atoms with Gasteiger partial charge in [0.05, 0.1) is 6.54 Å². The Morgan fingerprint density at radius 2 is 1.88 bits per heavy atom. The number of hydrogen-bond acceptors (Lipinski definition) is 5. The molecular formula is C16H18FN3O6. The highest BCUT2D eigenvalue weighted by atomic mass is 19.1. The van der Waals surface area contributed by atoms with Gasteiger partial charge >= 0.3 is 12.0 Å². The first kappa shape index (κ1) is 19.3. The van der Waals surface area contributed by atoms with Crippen molar-refractivity contribution in [3.05, 3.63) is 35.6 Å². The van der Waals surface area contributed by atoms with Crippen LogP contribution in [-0.2, 0) is 19.9 Å². The Labute approximate surface area is 147 Å². The standard InChI is InChI=1S/C16H18FN3O6/c1-15(26,13(23)24)8-18-11(21)7-20-12(22)16(2,19-14(20)25)9-3-5-10(17)6-4-9/h3-6,26H,7-8H2,1-2H3,(H,18,21)(H,19,25)(H,23,24). The van der Waals surface area contributed by atoms with E-state index in [9.17, 15) is 28.7 Å². The molecule has 1 heterocycles. The monoisotopic (exact) mass is 367 g/mol. The number of carboxylic acid groups (broad SMARTS) is 1. The number of amides is 4. The lowest BCUT2D eigenvalue weighted by molar-refractivity contribution is -0.156. The number of nitrogens with zero attached hydrogens (tertiary/aromatic N) is 1. The number of rotatable bonds is 6. The third-order valence-electron chi connectivity index (χ3n) is 4.09. The van der Waals surface area contributed by atoms with E-state index in [-0.39, 0.29) is 0 Å². The smallest absolute Gasteiger partial charge is 0.337 e. The number of carbonyl (C=O) groups excluding carboxylic acids is 3. The molecule has 0 bridgehead atoms. The van der Waals surface area contributed by atoms with Crippen LogP contribution < -0.4 is 10.6 Å². The number of aliphatic hydroxyl groups is 1. The maximum absolute atomic E-state index is 13.1. The molecule has 1 aliphatic rings. The first-order chi connectivity index (χ1) is 12.0. The number of hydrogen-bond donors (Lipinski definition) is 4. The SMILES string of the molecule is CC(O)(CNC(=O)CN1C(=O)NC(C)(c2ccc(F)cc2)C1=O)C(=O)O. The normalized spacial score (nSPS) is 21.9. The number of aliphatic carboxylic acids is 1. The highest BCUT2D eigenvalue weighted by Gasteiger charge is 2.49. The topological polar surface area (TPSA) is 136 Å². The Morgan fingerprint density at radius 1 is 1.31 bits per heavy atom. The second-order valence-electron chi connectivity index (χ2n) is 6.31. The van der Waals surface area contributed by atoms with Crippen LogP contribution in [-0.4, -0.2) is 57.6 Å². The molecule has 9 nitrogen and oxygen atoms in total. The Kier molecular flexibility index (Phi) is 4.99. The molecule has 2 rings (SSSR count). The molecule has 1 saturated heterocycles. The summed E-state index contributed by atoms with van der Waals surface area (Å²) in [4.78, 5) is 48.0. The van der Waals surface area contributed by atoms with Crippen molar-refractivity contribution in [3.63, 3.8) is 0 Å². The minimum Gasteiger partial charge on any atom is -0.479 e. The van der Waals surface area contributed by atoms with Crippen LogP contribution >= 0.6 is 0 Å². The summed E-state index contributed by atoms with van der Waals surface area (Å²) in [7, 11) is 0. The van der Waals surface area contributed by atoms with Crippen LogP contribution in [0.25, 0.3) is 0 Å². The fourth-order valence-electron chi connectivity index (χ4n) is 2.37. The summed E-state index contributed by atoms with van der Waals surface area (Å²) in [6.07, 6.45) is 0. The lowest BCUT2D eigenvalue weighted by atomic mass is 9.92. The zero-order valence-electron chi connectivity index (χ0n) is 14.1. The lowest BCUT2D eigenvalue weighted by Crippen LogP contribution is -2.49. The predicted molar refractivity (Wildman–Crippen MR) is 85.3 cm³/mol. The summed E-state index contributed by atoms with van der Waals surface area (Å²) in [6, 6.07) is 4.16. The Bertz CT molecular complexity index is 764. The second-order valence-corrected chi connectivity index (χ2v) is 6.31. The number of benzene rings is 1. The number of imide groups is 1. The van der Waals surface area contributed by atoms with E-state index in [0.717, 1.165) is 19.1 Å². The van der Waals surface area contributed by atoms with E-state index in [1.54, 1.807) is 0 Å². The molecule has 26 heavy (non-hydrogen) atoms. The molecule has 10 heteroatoms. The molecule has 2 unspecified atom stereocenters. The molecule has 4 N–H and O–H groups in total. The molecule has 140 valence electrons. The third-order valence-corrected chi connectivity index (χ3v) is 4.09. The highest BCUT2D eigenvalue weighted by molar-refractivity contribution is 6.09. The molecule has 0 aliphatic carbocycles. The molecule has 1 fully saturated rings. The second kappa shape index (κ2) is 6.71. The zero-order valence-corrected chi connectivity index (χ0v) is 14.1. The van der Waals surface area contributed by atoms with Crippen molar-refractivity contribution in [2.75, 3.05) is 13.1 Å². The van der Waals surface area contributed by atoms with Crippen molar-refractivity contribution < 1.29 is 33.8 Å². The van der Waals surface area contributed by atoms with Crippen LogP contribution in [0.2, 0.25) is 0 Å². The van der Waals surface area contributed by atoms with E-state index < -0.39 is 53.9 Å². The molecule has 1 aliphatic heterocycles. The fraction of sp³-hybridized carbons (Fsp3) is 0.375. The molecule has 0 radical (unpaired) electrons. The van der Waals surface area contributed by atoms with E-state index in [4.69, 9.17) is 5.11 Å². The van der Waals surface area contributed by atoms with Crippen LogP contribution in [0.3, 0.4) is 0 Å². The quantitative estimate of drug-likeness (QED) is 0.503. The minimum atomic E-state index is -2.18. The van der Waals surface area contributed by atoms with E-state index >= 15 is 0 Å². The van der Waals surface area contributed by atoms with Crippen LogP contribution in [0, 0.1) is 5.82 Å². The van der Waals surface area contributed by atoms with Crippen molar-refractivity contribution in [2.24, 2.45) is 0 Å². The summed E-state index contributed by atoms with van der Waals surface area (Å²) in [5.41, 5.74) is -3.30. The van der Waals surface area contributed by atoms with E-state index in [0.29, 0.717) is 10.5 Å². The number of urea groups is 1. The number of carbonyl (C=O) groups is 4. The van der Waals surface area contributed by atoms with Gasteiger partial charge in [-0.25, -0.2) is 14.0 Å². The molecule has 0 saturated carbocycles. The Morgan fingerprint density at radius 3 is 2.42 bits per heavy atom. The maximum atomic E-state index is 13.1. The number of carboxylic acids is 1. The largest absolute Gasteiger partial charge is 0.479 e. The summed E-state index contributed by atoms with van der Waals surface area (Å²) in [6.45, 7) is 1.17. The first-order valence-corrected chi connectivity index (χ1v) is 7.60. The zero-order chi connectivity index (χ0) is 19.7. The Balaban J connectivity index is 2.08. The number of nitrogens with one attached hydrogen (secondary N) is 2. The molecule has 1 aromatic carbocycles. The highest BCUT2D eigenvalue weighted by Crippen LogP contribution is 2.28. The van der Waals surface area contributed by atoms with Crippen molar-refractivity contribution in [2.45, 2.75) is 25.0 Å². The molecule has 1 aromatic rings. The van der Waals surface area contributed by atoms with Crippen molar-refractivity contribution in [3.8, 4) is 0 Å². The van der Waals surface area contributed by atoms with Crippen molar-refractivity contribution >= 4 is 23.8 Å². The van der Waals surface area contributed by atoms with Gasteiger partial charge in [0.15, 0.2) is 5.60 Å². The first-order valence-electron chi connectivity index (χ1n) is 7.60. The fourth-order valence-corrected chi connectivity index (χ4v) is 2.37. The minimum absolute atomic E-state index is 0.342. The van der Waals surface area contributed by atoms with E-state index in [1.165, 1.54) is 19.1 Å². The summed E-state index contributed by atoms with van der Waals surface area (Å²) < 4.78 is 13.1. The van der Waals surface area contributed by atoms with Crippen molar-refractivity contribution in [1.29, 1.82) is 0 Å². The molecule has 2 atom stereocenters. The Hall–Kier alpha value is -3.01. The van der Waals surface area contributed by atoms with Gasteiger partial charge in [-0.15, -0.1) is 0 Å². The summed E-state index contributed by atoms with van der Waals surface area (Å²) in [5, 5.41) is 22.9. The van der Waals surface area contributed by atoms with Gasteiger partial charge in [0, 0.05) is 0 Å². The third kappa shape index (κ3) is 3.64. The van der Waals surface area contributed by atoms with Crippen molar-refractivity contribution in [1.82, 2.24) is 15.5 Å².